The van der Waals surface area contributed by atoms with Gasteiger partial charge < -0.3 is 10.1 Å². The van der Waals surface area contributed by atoms with Gasteiger partial charge in [0, 0.05) is 12.6 Å². The van der Waals surface area contributed by atoms with Gasteiger partial charge in [-0.2, -0.15) is 0 Å². The van der Waals surface area contributed by atoms with E-state index in [0.29, 0.717) is 17.6 Å². The van der Waals surface area contributed by atoms with Gasteiger partial charge in [0.25, 0.3) is 0 Å². The third kappa shape index (κ3) is 6.19. The van der Waals surface area contributed by atoms with Crippen molar-refractivity contribution in [3.8, 4) is 0 Å². The van der Waals surface area contributed by atoms with E-state index in [2.05, 4.69) is 39.9 Å². The quantitative estimate of drug-likeness (QED) is 0.694. The van der Waals surface area contributed by atoms with E-state index in [1.807, 2.05) is 0 Å². The Morgan fingerprint density at radius 3 is 2.67 bits per heavy atom. The predicted molar refractivity (Wildman–Crippen MR) is 78.9 cm³/mol. The number of ether oxygens (including phenoxy) is 1. The zero-order valence-electron chi connectivity index (χ0n) is 13.1. The lowest BCUT2D eigenvalue weighted by Crippen LogP contribution is -2.35. The smallest absolute Gasteiger partial charge is 0.0594 e. The molecule has 0 aromatic carbocycles. The van der Waals surface area contributed by atoms with E-state index in [9.17, 15) is 0 Å². The fourth-order valence-corrected chi connectivity index (χ4v) is 3.45. The highest BCUT2D eigenvalue weighted by Gasteiger charge is 2.32. The molecule has 1 N–H and O–H groups in total. The molecule has 2 nitrogen and oxygen atoms in total. The van der Waals surface area contributed by atoms with Gasteiger partial charge in [-0.15, -0.1) is 0 Å². The van der Waals surface area contributed by atoms with Crippen LogP contribution in [0.15, 0.2) is 0 Å². The molecule has 1 aliphatic rings. The van der Waals surface area contributed by atoms with Gasteiger partial charge in [-0.25, -0.2) is 0 Å². The van der Waals surface area contributed by atoms with Gasteiger partial charge in [0.05, 0.1) is 12.7 Å². The zero-order valence-corrected chi connectivity index (χ0v) is 13.1. The maximum Gasteiger partial charge on any atom is 0.0594 e. The monoisotopic (exact) mass is 255 g/mol. The Morgan fingerprint density at radius 1 is 1.33 bits per heavy atom. The van der Waals surface area contributed by atoms with Crippen molar-refractivity contribution in [3.05, 3.63) is 0 Å². The van der Waals surface area contributed by atoms with Crippen LogP contribution in [-0.2, 0) is 4.74 Å². The topological polar surface area (TPSA) is 21.3 Å². The van der Waals surface area contributed by atoms with Crippen LogP contribution in [0.3, 0.4) is 0 Å². The minimum atomic E-state index is 0.464. The maximum absolute atomic E-state index is 6.06. The van der Waals surface area contributed by atoms with Crippen LogP contribution in [0.2, 0.25) is 0 Å². The summed E-state index contributed by atoms with van der Waals surface area (Å²) >= 11 is 0. The van der Waals surface area contributed by atoms with Crippen LogP contribution in [0, 0.1) is 11.3 Å². The number of nitrogens with one attached hydrogen (secondary N) is 1. The van der Waals surface area contributed by atoms with Crippen LogP contribution in [0.25, 0.3) is 0 Å². The Bertz CT molecular complexity index is 227. The predicted octanol–water partition coefficient (Wildman–Crippen LogP) is 4.00. The summed E-state index contributed by atoms with van der Waals surface area (Å²) in [6.07, 6.45) is 6.80. The Kier molecular flexibility index (Phi) is 6.65. The number of rotatable bonds is 7. The highest BCUT2D eigenvalue weighted by molar-refractivity contribution is 4.83. The molecular formula is C16H33NO. The van der Waals surface area contributed by atoms with Crippen molar-refractivity contribution in [1.82, 2.24) is 5.32 Å². The first-order chi connectivity index (χ1) is 8.43. The van der Waals surface area contributed by atoms with Gasteiger partial charge in [0.1, 0.15) is 0 Å². The van der Waals surface area contributed by atoms with Gasteiger partial charge in [-0.05, 0) is 43.9 Å². The van der Waals surface area contributed by atoms with Crippen LogP contribution in [0.1, 0.15) is 66.7 Å². The molecule has 0 aromatic heterocycles. The molecule has 1 rings (SSSR count). The zero-order chi connectivity index (χ0) is 13.6. The van der Waals surface area contributed by atoms with Crippen molar-refractivity contribution in [1.29, 1.82) is 0 Å². The van der Waals surface area contributed by atoms with Crippen LogP contribution in [-0.4, -0.2) is 25.3 Å². The first-order valence-corrected chi connectivity index (χ1v) is 7.78. The van der Waals surface area contributed by atoms with E-state index < -0.39 is 0 Å². The molecule has 1 aliphatic carbocycles. The number of hydrogen-bond acceptors (Lipinski definition) is 2. The SMILES string of the molecule is CCCC(C)NCCOC1CC(C)CC(C)(C)C1. The van der Waals surface area contributed by atoms with Gasteiger partial charge in [-0.1, -0.05) is 34.1 Å². The molecule has 1 saturated carbocycles. The molecule has 0 heterocycles. The molecule has 1 fully saturated rings. The van der Waals surface area contributed by atoms with Crippen LogP contribution < -0.4 is 5.32 Å². The fourth-order valence-electron chi connectivity index (χ4n) is 3.45. The Labute approximate surface area is 114 Å². The summed E-state index contributed by atoms with van der Waals surface area (Å²) < 4.78 is 6.06. The first kappa shape index (κ1) is 16.0. The summed E-state index contributed by atoms with van der Waals surface area (Å²) in [7, 11) is 0. The van der Waals surface area contributed by atoms with E-state index in [1.165, 1.54) is 32.1 Å². The van der Waals surface area contributed by atoms with Crippen molar-refractivity contribution < 1.29 is 4.74 Å². The van der Waals surface area contributed by atoms with Crippen molar-refractivity contribution in [2.45, 2.75) is 78.9 Å². The molecule has 18 heavy (non-hydrogen) atoms. The Balaban J connectivity index is 2.15. The molecule has 3 atom stereocenters. The summed E-state index contributed by atoms with van der Waals surface area (Å²) in [5.74, 6) is 0.811. The van der Waals surface area contributed by atoms with Crippen molar-refractivity contribution in [3.63, 3.8) is 0 Å². The average molecular weight is 255 g/mol. The van der Waals surface area contributed by atoms with E-state index in [0.717, 1.165) is 19.1 Å². The Hall–Kier alpha value is -0.0800. The lowest BCUT2D eigenvalue weighted by atomic mass is 9.71. The molecular weight excluding hydrogens is 222 g/mol. The molecule has 2 heteroatoms. The second kappa shape index (κ2) is 7.49. The van der Waals surface area contributed by atoms with Crippen LogP contribution >= 0.6 is 0 Å². The first-order valence-electron chi connectivity index (χ1n) is 7.78. The third-order valence-electron chi connectivity index (χ3n) is 4.02. The standard InChI is InChI=1S/C16H33NO/c1-6-7-14(3)17-8-9-18-15-10-13(2)11-16(4,5)12-15/h13-15,17H,6-12H2,1-5H3. The number of hydrogen-bond donors (Lipinski definition) is 1. The second-order valence-electron chi connectivity index (χ2n) is 7.05. The summed E-state index contributed by atoms with van der Waals surface area (Å²) in [5.41, 5.74) is 0.464. The summed E-state index contributed by atoms with van der Waals surface area (Å²) in [4.78, 5) is 0. The van der Waals surface area contributed by atoms with E-state index >= 15 is 0 Å². The van der Waals surface area contributed by atoms with E-state index in [4.69, 9.17) is 4.74 Å². The molecule has 108 valence electrons. The van der Waals surface area contributed by atoms with Gasteiger partial charge in [0.2, 0.25) is 0 Å². The van der Waals surface area contributed by atoms with Gasteiger partial charge in [0.15, 0.2) is 0 Å². The lowest BCUT2D eigenvalue weighted by Gasteiger charge is -2.38. The van der Waals surface area contributed by atoms with Gasteiger partial charge in [-0.3, -0.25) is 0 Å². The van der Waals surface area contributed by atoms with Crippen molar-refractivity contribution in [2.24, 2.45) is 11.3 Å². The lowest BCUT2D eigenvalue weighted by molar-refractivity contribution is -0.0218. The molecule has 0 saturated heterocycles. The molecule has 0 radical (unpaired) electrons. The summed E-state index contributed by atoms with van der Waals surface area (Å²) in [6.45, 7) is 13.5. The molecule has 0 spiro atoms. The molecule has 0 bridgehead atoms. The van der Waals surface area contributed by atoms with Crippen molar-refractivity contribution >= 4 is 0 Å². The largest absolute Gasteiger partial charge is 0.377 e. The van der Waals surface area contributed by atoms with Gasteiger partial charge >= 0.3 is 0 Å². The Morgan fingerprint density at radius 2 is 2.06 bits per heavy atom. The molecule has 0 aromatic rings. The highest BCUT2D eigenvalue weighted by atomic mass is 16.5. The summed E-state index contributed by atoms with van der Waals surface area (Å²) in [5, 5.41) is 3.53. The van der Waals surface area contributed by atoms with Crippen LogP contribution in [0.4, 0.5) is 0 Å². The molecule has 0 amide bonds. The minimum absolute atomic E-state index is 0.464. The average Bonchev–Trinajstić information content (AvgIpc) is 2.22. The van der Waals surface area contributed by atoms with Crippen molar-refractivity contribution in [2.75, 3.05) is 13.2 Å². The third-order valence-corrected chi connectivity index (χ3v) is 4.02. The second-order valence-corrected chi connectivity index (χ2v) is 7.05. The summed E-state index contributed by atoms with van der Waals surface area (Å²) in [6, 6.07) is 0.625. The molecule has 0 aliphatic heterocycles. The van der Waals surface area contributed by atoms with E-state index in [-0.39, 0.29) is 0 Å². The fraction of sp³-hybridized carbons (Fsp3) is 1.00. The normalized spacial score (nSPS) is 29.2. The highest BCUT2D eigenvalue weighted by Crippen LogP contribution is 2.39. The molecule has 3 unspecified atom stereocenters. The van der Waals surface area contributed by atoms with E-state index in [1.54, 1.807) is 0 Å². The minimum Gasteiger partial charge on any atom is -0.377 e. The van der Waals surface area contributed by atoms with Crippen LogP contribution in [0.5, 0.6) is 0 Å². The maximum atomic E-state index is 6.06.